The third-order valence-electron chi connectivity index (χ3n) is 6.40. The number of hydrogen-bond donors (Lipinski definition) is 1. The molecule has 0 bridgehead atoms. The lowest BCUT2D eigenvalue weighted by Gasteiger charge is -2.32. The molecule has 4 heteroatoms. The van der Waals surface area contributed by atoms with Gasteiger partial charge in [0.1, 0.15) is 5.82 Å². The summed E-state index contributed by atoms with van der Waals surface area (Å²) in [5.41, 5.74) is 8.75. The van der Waals surface area contributed by atoms with E-state index in [9.17, 15) is 9.50 Å². The molecule has 1 heterocycles. The Balaban J connectivity index is 0.00000245. The van der Waals surface area contributed by atoms with Crippen LogP contribution in [0, 0.1) is 5.82 Å². The van der Waals surface area contributed by atoms with Crippen molar-refractivity contribution in [2.75, 3.05) is 19.6 Å². The third kappa shape index (κ3) is 4.56. The Morgan fingerprint density at radius 2 is 1.31 bits per heavy atom. The van der Waals surface area contributed by atoms with Crippen LogP contribution < -0.4 is 0 Å². The molecule has 1 unspecified atom stereocenters. The highest BCUT2D eigenvalue weighted by molar-refractivity contribution is 5.94. The largest absolute Gasteiger partial charge is 0.387 e. The van der Waals surface area contributed by atoms with E-state index in [1.54, 1.807) is 12.1 Å². The minimum atomic E-state index is -0.599. The van der Waals surface area contributed by atoms with E-state index < -0.39 is 6.10 Å². The Morgan fingerprint density at radius 1 is 0.781 bits per heavy atom. The average Bonchev–Trinajstić information content (AvgIpc) is 2.97. The molecule has 1 saturated heterocycles. The first-order valence-corrected chi connectivity index (χ1v) is 10.9. The van der Waals surface area contributed by atoms with Crippen molar-refractivity contribution in [2.45, 2.75) is 18.9 Å². The number of β-amino-alcohol motifs (C(OH)–C–C–N with tert-alkyl or cyclic N) is 1. The van der Waals surface area contributed by atoms with Crippen molar-refractivity contribution in [3.63, 3.8) is 0 Å². The predicted molar refractivity (Wildman–Crippen MR) is 132 cm³/mol. The van der Waals surface area contributed by atoms with Crippen molar-refractivity contribution < 1.29 is 9.50 Å². The average molecular weight is 448 g/mol. The van der Waals surface area contributed by atoms with E-state index in [-0.39, 0.29) is 18.2 Å². The molecule has 2 nitrogen and oxygen atoms in total. The standard InChI is InChI=1S/C28H26FNO.ClH/c29-24-13-11-22(12-14-24)27(31)19-30-17-15-23(16-18-30)28-25-7-3-1-5-20(25)9-10-21-6-2-4-8-26(21)28;/h1-14,27,31H,15-19H2;1H. The molecule has 32 heavy (non-hydrogen) atoms. The molecular weight excluding hydrogens is 421 g/mol. The van der Waals surface area contributed by atoms with Crippen molar-refractivity contribution in [1.29, 1.82) is 0 Å². The number of aliphatic hydroxyl groups is 1. The van der Waals surface area contributed by atoms with Gasteiger partial charge in [-0.1, -0.05) is 78.4 Å². The smallest absolute Gasteiger partial charge is 0.123 e. The van der Waals surface area contributed by atoms with Gasteiger partial charge >= 0.3 is 0 Å². The van der Waals surface area contributed by atoms with E-state index in [1.807, 2.05) is 0 Å². The molecule has 1 atom stereocenters. The van der Waals surface area contributed by atoms with E-state index in [4.69, 9.17) is 0 Å². The zero-order chi connectivity index (χ0) is 21.2. The molecule has 164 valence electrons. The fraction of sp³-hybridized carbons (Fsp3) is 0.214. The Hall–Kier alpha value is -2.72. The molecule has 1 aliphatic heterocycles. The van der Waals surface area contributed by atoms with Crippen molar-refractivity contribution in [3.8, 4) is 0 Å². The lowest BCUT2D eigenvalue weighted by Crippen LogP contribution is -2.34. The van der Waals surface area contributed by atoms with Crippen LogP contribution in [0.1, 0.15) is 46.8 Å². The van der Waals surface area contributed by atoms with Gasteiger partial charge in [-0.15, -0.1) is 12.4 Å². The minimum Gasteiger partial charge on any atom is -0.387 e. The summed E-state index contributed by atoms with van der Waals surface area (Å²) in [6, 6.07) is 23.4. The second kappa shape index (κ2) is 9.83. The first-order valence-electron chi connectivity index (χ1n) is 10.9. The zero-order valence-electron chi connectivity index (χ0n) is 17.9. The number of nitrogens with zero attached hydrogens (tertiary/aromatic N) is 1. The summed E-state index contributed by atoms with van der Waals surface area (Å²) in [5, 5.41) is 10.6. The number of rotatable bonds is 3. The van der Waals surface area contributed by atoms with E-state index in [0.29, 0.717) is 6.54 Å². The normalized spacial score (nSPS) is 16.6. The Morgan fingerprint density at radius 3 is 1.88 bits per heavy atom. The molecule has 0 saturated carbocycles. The highest BCUT2D eigenvalue weighted by atomic mass is 35.5. The van der Waals surface area contributed by atoms with E-state index >= 15 is 0 Å². The molecule has 0 aromatic heterocycles. The summed E-state index contributed by atoms with van der Waals surface area (Å²) < 4.78 is 13.2. The molecular formula is C28H27ClFNO. The van der Waals surface area contributed by atoms with Crippen LogP contribution in [0.25, 0.3) is 17.7 Å². The van der Waals surface area contributed by atoms with Crippen LogP contribution in [0.2, 0.25) is 0 Å². The topological polar surface area (TPSA) is 23.5 Å². The van der Waals surface area contributed by atoms with Crippen LogP contribution in [0.3, 0.4) is 0 Å². The number of likely N-dealkylation sites (tertiary alicyclic amines) is 1. The first kappa shape index (κ1) is 22.5. The van der Waals surface area contributed by atoms with Gasteiger partial charge in [0.25, 0.3) is 0 Å². The fourth-order valence-corrected chi connectivity index (χ4v) is 4.74. The maximum absolute atomic E-state index is 13.2. The summed E-state index contributed by atoms with van der Waals surface area (Å²) in [6.45, 7) is 2.40. The third-order valence-corrected chi connectivity index (χ3v) is 6.40. The van der Waals surface area contributed by atoms with Gasteiger partial charge in [0.15, 0.2) is 0 Å². The van der Waals surface area contributed by atoms with Crippen LogP contribution >= 0.6 is 12.4 Å². The fourth-order valence-electron chi connectivity index (χ4n) is 4.74. The quantitative estimate of drug-likeness (QED) is 0.395. The van der Waals surface area contributed by atoms with Crippen LogP contribution in [-0.4, -0.2) is 29.6 Å². The number of piperidine rings is 1. The highest BCUT2D eigenvalue weighted by Crippen LogP contribution is 2.38. The number of halogens is 2. The van der Waals surface area contributed by atoms with E-state index in [2.05, 4.69) is 65.6 Å². The van der Waals surface area contributed by atoms with Crippen molar-refractivity contribution in [3.05, 3.63) is 112 Å². The van der Waals surface area contributed by atoms with E-state index in [0.717, 1.165) is 31.5 Å². The van der Waals surface area contributed by atoms with Crippen LogP contribution in [0.4, 0.5) is 4.39 Å². The van der Waals surface area contributed by atoms with Crippen LogP contribution in [0.15, 0.2) is 78.4 Å². The van der Waals surface area contributed by atoms with Gasteiger partial charge < -0.3 is 5.11 Å². The van der Waals surface area contributed by atoms with Crippen molar-refractivity contribution in [1.82, 2.24) is 4.90 Å². The lowest BCUT2D eigenvalue weighted by molar-refractivity contribution is 0.108. The molecule has 0 spiro atoms. The SMILES string of the molecule is Cl.OC(CN1CCC(=C2c3ccccc3C=Cc3ccccc32)CC1)c1ccc(F)cc1. The maximum Gasteiger partial charge on any atom is 0.123 e. The maximum atomic E-state index is 13.2. The summed E-state index contributed by atoms with van der Waals surface area (Å²) in [4.78, 5) is 2.31. The van der Waals surface area contributed by atoms with Crippen molar-refractivity contribution >= 4 is 30.1 Å². The summed E-state index contributed by atoms with van der Waals surface area (Å²) in [5.74, 6) is -0.274. The highest BCUT2D eigenvalue weighted by Gasteiger charge is 2.23. The van der Waals surface area contributed by atoms with Crippen LogP contribution in [-0.2, 0) is 0 Å². The summed E-state index contributed by atoms with van der Waals surface area (Å²) >= 11 is 0. The van der Waals surface area contributed by atoms with Gasteiger partial charge in [-0.25, -0.2) is 4.39 Å². The van der Waals surface area contributed by atoms with Gasteiger partial charge in [-0.05, 0) is 58.4 Å². The van der Waals surface area contributed by atoms with Crippen molar-refractivity contribution in [2.24, 2.45) is 0 Å². The predicted octanol–water partition coefficient (Wildman–Crippen LogP) is 6.36. The minimum absolute atomic E-state index is 0. The first-order chi connectivity index (χ1) is 15.2. The number of aliphatic hydroxyl groups excluding tert-OH is 1. The number of fused-ring (bicyclic) bond motifs is 2. The molecule has 3 aromatic carbocycles. The Bertz CT molecular complexity index is 1090. The molecule has 0 radical (unpaired) electrons. The second-order valence-corrected chi connectivity index (χ2v) is 8.35. The number of benzene rings is 3. The molecule has 5 rings (SSSR count). The Kier molecular flexibility index (Phi) is 6.90. The second-order valence-electron chi connectivity index (χ2n) is 8.35. The molecule has 2 aliphatic rings. The number of hydrogen-bond acceptors (Lipinski definition) is 2. The van der Waals surface area contributed by atoms with Gasteiger partial charge in [0, 0.05) is 19.6 Å². The molecule has 1 aliphatic carbocycles. The lowest BCUT2D eigenvalue weighted by atomic mass is 9.86. The molecule has 0 amide bonds. The van der Waals surface area contributed by atoms with Gasteiger partial charge in [0.2, 0.25) is 0 Å². The molecule has 3 aromatic rings. The van der Waals surface area contributed by atoms with Gasteiger partial charge in [-0.2, -0.15) is 0 Å². The summed E-state index contributed by atoms with van der Waals surface area (Å²) in [7, 11) is 0. The van der Waals surface area contributed by atoms with E-state index in [1.165, 1.54) is 45.5 Å². The molecule has 1 fully saturated rings. The molecule has 1 N–H and O–H groups in total. The zero-order valence-corrected chi connectivity index (χ0v) is 18.7. The Labute approximate surface area is 195 Å². The van der Waals surface area contributed by atoms with Gasteiger partial charge in [-0.3, -0.25) is 4.90 Å². The monoisotopic (exact) mass is 447 g/mol. The summed E-state index contributed by atoms with van der Waals surface area (Å²) in [6.07, 6.45) is 5.80. The van der Waals surface area contributed by atoms with Gasteiger partial charge in [0.05, 0.1) is 6.10 Å². The van der Waals surface area contributed by atoms with Crippen LogP contribution in [0.5, 0.6) is 0 Å².